The van der Waals surface area contributed by atoms with Crippen molar-refractivity contribution in [1.29, 1.82) is 0 Å². The Labute approximate surface area is 137 Å². The van der Waals surface area contributed by atoms with Gasteiger partial charge in [-0.05, 0) is 24.1 Å². The number of hydrogen-bond acceptors (Lipinski definition) is 6. The number of nitrogens with two attached hydrogens (primary N) is 1. The van der Waals surface area contributed by atoms with Gasteiger partial charge in [0.05, 0.1) is 23.7 Å². The molecule has 0 amide bonds. The Morgan fingerprint density at radius 2 is 2.00 bits per heavy atom. The maximum Gasteiger partial charge on any atom is 0.229 e. The van der Waals surface area contributed by atoms with Gasteiger partial charge in [-0.25, -0.2) is 4.39 Å². The second kappa shape index (κ2) is 5.41. The summed E-state index contributed by atoms with van der Waals surface area (Å²) in [6, 6.07) is 6.13. The summed E-state index contributed by atoms with van der Waals surface area (Å²) in [5, 5.41) is 15.0. The van der Waals surface area contributed by atoms with E-state index in [1.165, 1.54) is 12.1 Å². The maximum absolute atomic E-state index is 13.2. The maximum atomic E-state index is 13.2. The fraction of sp³-hybridized carbons (Fsp3) is 0.312. The molecular formula is C16H17FN6O. The molecular weight excluding hydrogens is 311 g/mol. The monoisotopic (exact) mass is 328 g/mol. The summed E-state index contributed by atoms with van der Waals surface area (Å²) >= 11 is 0. The molecule has 24 heavy (non-hydrogen) atoms. The normalized spacial score (nSPS) is 20.9. The van der Waals surface area contributed by atoms with Crippen LogP contribution in [0.15, 0.2) is 30.5 Å². The second-order valence-electron chi connectivity index (χ2n) is 6.02. The molecule has 1 fully saturated rings. The van der Waals surface area contributed by atoms with Crippen molar-refractivity contribution in [3.8, 4) is 0 Å². The summed E-state index contributed by atoms with van der Waals surface area (Å²) < 4.78 is 14.8. The van der Waals surface area contributed by atoms with E-state index in [1.54, 1.807) is 30.1 Å². The highest BCUT2D eigenvalue weighted by Crippen LogP contribution is 2.35. The quantitative estimate of drug-likeness (QED) is 0.738. The van der Waals surface area contributed by atoms with Gasteiger partial charge in [0, 0.05) is 13.6 Å². The van der Waals surface area contributed by atoms with E-state index in [0.29, 0.717) is 35.8 Å². The van der Waals surface area contributed by atoms with Crippen LogP contribution < -0.4 is 10.6 Å². The predicted molar refractivity (Wildman–Crippen MR) is 87.8 cm³/mol. The van der Waals surface area contributed by atoms with Crippen molar-refractivity contribution in [3.05, 3.63) is 41.8 Å². The van der Waals surface area contributed by atoms with E-state index in [9.17, 15) is 9.50 Å². The molecule has 1 aromatic carbocycles. The molecule has 2 atom stereocenters. The topological polar surface area (TPSA) is 93.1 Å². The number of aryl methyl sites for hydroxylation is 1. The average molecular weight is 328 g/mol. The van der Waals surface area contributed by atoms with Crippen LogP contribution in [0.2, 0.25) is 0 Å². The molecule has 7 nitrogen and oxygen atoms in total. The smallest absolute Gasteiger partial charge is 0.229 e. The lowest BCUT2D eigenvalue weighted by molar-refractivity contribution is 0.194. The van der Waals surface area contributed by atoms with E-state index in [-0.39, 0.29) is 11.9 Å². The highest BCUT2D eigenvalue weighted by molar-refractivity contribution is 5.86. The molecule has 3 heterocycles. The number of hydrogen-bond donors (Lipinski definition) is 2. The van der Waals surface area contributed by atoms with Gasteiger partial charge in [0.25, 0.3) is 0 Å². The summed E-state index contributed by atoms with van der Waals surface area (Å²) in [7, 11) is 1.79. The van der Waals surface area contributed by atoms with E-state index >= 15 is 0 Å². The van der Waals surface area contributed by atoms with Gasteiger partial charge in [-0.15, -0.1) is 0 Å². The third-order valence-electron chi connectivity index (χ3n) is 4.40. The first kappa shape index (κ1) is 14.8. The SMILES string of the molecule is Cn1ncc2c(N)nc(N3C[C@@H](O)C[C@H]3c3ccc(F)cc3)nc21. The molecule has 1 aliphatic heterocycles. The second-order valence-corrected chi connectivity index (χ2v) is 6.02. The zero-order valence-corrected chi connectivity index (χ0v) is 13.1. The van der Waals surface area contributed by atoms with Crippen molar-refractivity contribution in [2.24, 2.45) is 7.05 Å². The van der Waals surface area contributed by atoms with Gasteiger partial charge in [-0.2, -0.15) is 15.1 Å². The van der Waals surface area contributed by atoms with Crippen LogP contribution >= 0.6 is 0 Å². The summed E-state index contributed by atoms with van der Waals surface area (Å²) in [5.41, 5.74) is 7.57. The molecule has 0 bridgehead atoms. The largest absolute Gasteiger partial charge is 0.391 e. The minimum atomic E-state index is -0.507. The van der Waals surface area contributed by atoms with Crippen molar-refractivity contribution in [2.75, 3.05) is 17.2 Å². The lowest BCUT2D eigenvalue weighted by atomic mass is 10.0. The number of anilines is 2. The Morgan fingerprint density at radius 3 is 2.75 bits per heavy atom. The average Bonchev–Trinajstić information content (AvgIpc) is 3.12. The number of fused-ring (bicyclic) bond motifs is 1. The molecule has 4 rings (SSSR count). The van der Waals surface area contributed by atoms with Crippen molar-refractivity contribution in [2.45, 2.75) is 18.6 Å². The molecule has 1 aliphatic rings. The van der Waals surface area contributed by atoms with Gasteiger partial charge in [0.15, 0.2) is 5.65 Å². The molecule has 124 valence electrons. The fourth-order valence-electron chi connectivity index (χ4n) is 3.20. The minimum absolute atomic E-state index is 0.134. The fourth-order valence-corrected chi connectivity index (χ4v) is 3.20. The van der Waals surface area contributed by atoms with Crippen LogP contribution in [-0.2, 0) is 7.05 Å². The standard InChI is InChI=1S/C16H17FN6O/c1-22-15-12(7-19-22)14(18)20-16(21-15)23-8-11(24)6-13(23)9-2-4-10(17)5-3-9/h2-5,7,11,13,24H,6,8H2,1H3,(H2,18,20,21)/t11-,13-/m0/s1. The molecule has 3 N–H and O–H groups in total. The summed E-state index contributed by atoms with van der Waals surface area (Å²) in [6.45, 7) is 0.394. The van der Waals surface area contributed by atoms with Crippen molar-refractivity contribution in [1.82, 2.24) is 19.7 Å². The van der Waals surface area contributed by atoms with Crippen LogP contribution in [0.5, 0.6) is 0 Å². The van der Waals surface area contributed by atoms with Gasteiger partial charge >= 0.3 is 0 Å². The number of nitrogens with zero attached hydrogens (tertiary/aromatic N) is 5. The van der Waals surface area contributed by atoms with E-state index in [4.69, 9.17) is 5.73 Å². The number of aliphatic hydroxyl groups excluding tert-OH is 1. The van der Waals surface area contributed by atoms with Crippen LogP contribution in [0.4, 0.5) is 16.2 Å². The first-order valence-corrected chi connectivity index (χ1v) is 7.68. The minimum Gasteiger partial charge on any atom is -0.391 e. The Hall–Kier alpha value is -2.74. The Balaban J connectivity index is 1.78. The molecule has 0 unspecified atom stereocenters. The van der Waals surface area contributed by atoms with E-state index in [0.717, 1.165) is 5.56 Å². The molecule has 2 aromatic heterocycles. The third-order valence-corrected chi connectivity index (χ3v) is 4.40. The Morgan fingerprint density at radius 1 is 1.25 bits per heavy atom. The lowest BCUT2D eigenvalue weighted by Gasteiger charge is -2.25. The molecule has 0 spiro atoms. The molecule has 0 saturated carbocycles. The van der Waals surface area contributed by atoms with E-state index < -0.39 is 6.10 Å². The highest BCUT2D eigenvalue weighted by Gasteiger charge is 2.34. The van der Waals surface area contributed by atoms with Gasteiger partial charge in [0.1, 0.15) is 11.6 Å². The van der Waals surface area contributed by atoms with Gasteiger partial charge in [-0.1, -0.05) is 12.1 Å². The van der Waals surface area contributed by atoms with Gasteiger partial charge in [-0.3, -0.25) is 4.68 Å². The van der Waals surface area contributed by atoms with Crippen LogP contribution in [0.3, 0.4) is 0 Å². The van der Waals surface area contributed by atoms with Crippen LogP contribution in [0.1, 0.15) is 18.0 Å². The van der Waals surface area contributed by atoms with Crippen molar-refractivity contribution < 1.29 is 9.50 Å². The summed E-state index contributed by atoms with van der Waals surface area (Å²) in [4.78, 5) is 10.8. The molecule has 3 aromatic rings. The zero-order valence-electron chi connectivity index (χ0n) is 13.1. The zero-order chi connectivity index (χ0) is 16.8. The number of halogens is 1. The van der Waals surface area contributed by atoms with E-state index in [1.807, 2.05) is 4.90 Å². The number of rotatable bonds is 2. The van der Waals surface area contributed by atoms with Crippen molar-refractivity contribution in [3.63, 3.8) is 0 Å². The van der Waals surface area contributed by atoms with Crippen molar-refractivity contribution >= 4 is 22.8 Å². The highest BCUT2D eigenvalue weighted by atomic mass is 19.1. The van der Waals surface area contributed by atoms with Gasteiger partial charge < -0.3 is 15.7 Å². The van der Waals surface area contributed by atoms with Crippen LogP contribution in [0.25, 0.3) is 11.0 Å². The van der Waals surface area contributed by atoms with Crippen LogP contribution in [-0.4, -0.2) is 37.5 Å². The number of aromatic nitrogens is 4. The summed E-state index contributed by atoms with van der Waals surface area (Å²) in [6.07, 6.45) is 1.65. The number of nitrogen functional groups attached to an aromatic ring is 1. The molecule has 8 heteroatoms. The molecule has 0 aliphatic carbocycles. The first-order valence-electron chi connectivity index (χ1n) is 7.68. The van der Waals surface area contributed by atoms with Crippen LogP contribution in [0, 0.1) is 5.82 Å². The number of aliphatic hydroxyl groups is 1. The molecule has 1 saturated heterocycles. The number of benzene rings is 1. The Kier molecular flexibility index (Phi) is 3.34. The van der Waals surface area contributed by atoms with E-state index in [2.05, 4.69) is 15.1 Å². The predicted octanol–water partition coefficient (Wildman–Crippen LogP) is 1.40. The van der Waals surface area contributed by atoms with Gasteiger partial charge in [0.2, 0.25) is 5.95 Å². The number of β-amino-alcohol motifs (C(OH)–C–C–N with tert-alkyl or cyclic N) is 1. The lowest BCUT2D eigenvalue weighted by Crippen LogP contribution is -2.26. The Bertz CT molecular complexity index is 893. The third kappa shape index (κ3) is 2.35. The summed E-state index contributed by atoms with van der Waals surface area (Å²) in [5.74, 6) is 0.498. The first-order chi connectivity index (χ1) is 11.5. The molecule has 0 radical (unpaired) electrons.